The second-order valence-electron chi connectivity index (χ2n) is 10.9. The molecule has 1 N–H and O–H groups in total. The van der Waals surface area contributed by atoms with E-state index in [0.29, 0.717) is 23.4 Å². The highest BCUT2D eigenvalue weighted by atomic mass is 19.3. The third-order valence-corrected chi connectivity index (χ3v) is 8.11. The van der Waals surface area contributed by atoms with Crippen LogP contribution in [0.5, 0.6) is 5.75 Å². The molecule has 2 aliphatic heterocycles. The summed E-state index contributed by atoms with van der Waals surface area (Å²) in [7, 11) is 1.61. The quantitative estimate of drug-likeness (QED) is 0.345. The molecule has 6 heterocycles. The van der Waals surface area contributed by atoms with Gasteiger partial charge in [0.25, 0.3) is 5.92 Å². The van der Waals surface area contributed by atoms with Crippen LogP contribution in [0.2, 0.25) is 0 Å². The molecule has 1 aliphatic carbocycles. The van der Waals surface area contributed by atoms with E-state index in [0.717, 1.165) is 24.5 Å². The number of carbonyl (C=O) groups excluding carboxylic acids is 1. The molecule has 3 atom stereocenters. The number of amides is 1. The zero-order valence-corrected chi connectivity index (χ0v) is 22.3. The van der Waals surface area contributed by atoms with E-state index < -0.39 is 24.3 Å². The van der Waals surface area contributed by atoms with Gasteiger partial charge in [-0.15, -0.1) is 5.10 Å². The van der Waals surface area contributed by atoms with E-state index in [4.69, 9.17) is 9.47 Å². The van der Waals surface area contributed by atoms with E-state index in [2.05, 4.69) is 31.5 Å². The number of carbonyl (C=O) groups is 1. The molecule has 1 saturated carbocycles. The number of ether oxygens (including phenoxy) is 2. The first-order valence-electron chi connectivity index (χ1n) is 13.6. The normalized spacial score (nSPS) is 23.0. The Balaban J connectivity index is 1.05. The number of aromatic nitrogens is 5. The number of aryl methyl sites for hydroxylation is 1. The number of anilines is 2. The van der Waals surface area contributed by atoms with Crippen LogP contribution in [0.3, 0.4) is 0 Å². The summed E-state index contributed by atoms with van der Waals surface area (Å²) in [6.45, 7) is 1.05. The van der Waals surface area contributed by atoms with Gasteiger partial charge in [0.1, 0.15) is 12.3 Å². The molecular weight excluding hydrogens is 539 g/mol. The summed E-state index contributed by atoms with van der Waals surface area (Å²) in [5, 5.41) is 11.3. The summed E-state index contributed by atoms with van der Waals surface area (Å²) in [6.07, 6.45) is 6.33. The van der Waals surface area contributed by atoms with Gasteiger partial charge in [0.15, 0.2) is 17.4 Å². The molecule has 13 heteroatoms. The van der Waals surface area contributed by atoms with E-state index in [9.17, 15) is 13.6 Å². The monoisotopic (exact) mass is 567 g/mol. The molecule has 0 aromatic carbocycles. The van der Waals surface area contributed by atoms with Crippen LogP contribution in [0.1, 0.15) is 24.5 Å². The van der Waals surface area contributed by atoms with E-state index in [-0.39, 0.29) is 42.3 Å². The number of nitrogens with zero attached hydrogens (tertiary/aromatic N) is 6. The zero-order valence-electron chi connectivity index (χ0n) is 22.3. The summed E-state index contributed by atoms with van der Waals surface area (Å²) in [6, 6.07) is 7.24. The Morgan fingerprint density at radius 1 is 1.24 bits per heavy atom. The molecule has 1 amide bonds. The summed E-state index contributed by atoms with van der Waals surface area (Å²) in [5.74, 6) is -4.54. The van der Waals surface area contributed by atoms with E-state index in [1.54, 1.807) is 19.2 Å². The first-order chi connectivity index (χ1) is 19.8. The number of nitrogens with one attached hydrogen (secondary N) is 1. The van der Waals surface area contributed by atoms with Crippen LogP contribution in [0, 0.1) is 17.7 Å². The molecular formula is C28H28F3N7O3. The number of rotatable bonds is 8. The van der Waals surface area contributed by atoms with Gasteiger partial charge in [-0.05, 0) is 31.0 Å². The lowest BCUT2D eigenvalue weighted by Gasteiger charge is -2.32. The molecule has 0 bridgehead atoms. The Labute approximate surface area is 233 Å². The van der Waals surface area contributed by atoms with Crippen LogP contribution in [-0.2, 0) is 16.6 Å². The van der Waals surface area contributed by atoms with Gasteiger partial charge in [-0.25, -0.2) is 17.7 Å². The fourth-order valence-corrected chi connectivity index (χ4v) is 5.43. The van der Waals surface area contributed by atoms with E-state index >= 15 is 4.39 Å². The van der Waals surface area contributed by atoms with Crippen molar-refractivity contribution in [1.82, 2.24) is 24.4 Å². The minimum atomic E-state index is -2.99. The number of hydrogen-bond acceptors (Lipinski definition) is 7. The Morgan fingerprint density at radius 3 is 2.80 bits per heavy atom. The summed E-state index contributed by atoms with van der Waals surface area (Å²) < 4.78 is 56.5. The smallest absolute Gasteiger partial charge is 0.279 e. The Bertz CT molecular complexity index is 1620. The number of hydrogen-bond donors (Lipinski definition) is 1. The van der Waals surface area contributed by atoms with Gasteiger partial charge in [-0.1, -0.05) is 0 Å². The number of halogens is 3. The molecule has 0 spiro atoms. The molecule has 3 aliphatic rings. The van der Waals surface area contributed by atoms with Crippen LogP contribution in [0.4, 0.5) is 24.7 Å². The first kappa shape index (κ1) is 25.8. The molecule has 41 heavy (non-hydrogen) atoms. The van der Waals surface area contributed by atoms with Crippen molar-refractivity contribution in [1.29, 1.82) is 0 Å². The molecule has 0 radical (unpaired) electrons. The van der Waals surface area contributed by atoms with Crippen LogP contribution < -0.4 is 15.0 Å². The van der Waals surface area contributed by atoms with E-state index in [1.807, 2.05) is 12.3 Å². The minimum absolute atomic E-state index is 0.0560. The number of alkyl halides is 2. The maximum Gasteiger partial charge on any atom is 0.279 e. The summed E-state index contributed by atoms with van der Waals surface area (Å²) in [5.41, 5.74) is 2.99. The zero-order chi connectivity index (χ0) is 28.3. The molecule has 2 saturated heterocycles. The van der Waals surface area contributed by atoms with Crippen LogP contribution in [0.15, 0.2) is 42.9 Å². The highest BCUT2D eigenvalue weighted by Gasteiger charge is 2.46. The number of fused-ring (bicyclic) bond motifs is 1. The molecule has 10 nitrogen and oxygen atoms in total. The molecule has 0 unspecified atom stereocenters. The van der Waals surface area contributed by atoms with Crippen molar-refractivity contribution in [3.63, 3.8) is 0 Å². The van der Waals surface area contributed by atoms with Crippen molar-refractivity contribution in [2.75, 3.05) is 43.1 Å². The van der Waals surface area contributed by atoms with E-state index in [1.165, 1.54) is 28.0 Å². The van der Waals surface area contributed by atoms with Gasteiger partial charge in [0, 0.05) is 49.3 Å². The molecule has 3 fully saturated rings. The van der Waals surface area contributed by atoms with Crippen molar-refractivity contribution >= 4 is 22.9 Å². The van der Waals surface area contributed by atoms with Gasteiger partial charge in [-0.3, -0.25) is 14.5 Å². The lowest BCUT2D eigenvalue weighted by molar-refractivity contribution is -0.117. The molecule has 7 rings (SSSR count). The van der Waals surface area contributed by atoms with Crippen molar-refractivity contribution in [3.05, 3.63) is 54.4 Å². The predicted molar refractivity (Wildman–Crippen MR) is 143 cm³/mol. The van der Waals surface area contributed by atoms with Gasteiger partial charge in [0.05, 0.1) is 48.9 Å². The maximum atomic E-state index is 15.3. The molecule has 4 aromatic rings. The summed E-state index contributed by atoms with van der Waals surface area (Å²) >= 11 is 0. The summed E-state index contributed by atoms with van der Waals surface area (Å²) in [4.78, 5) is 19.8. The second-order valence-corrected chi connectivity index (χ2v) is 10.9. The molecule has 4 aromatic heterocycles. The highest BCUT2D eigenvalue weighted by Crippen LogP contribution is 2.47. The lowest BCUT2D eigenvalue weighted by atomic mass is 10.1. The Morgan fingerprint density at radius 2 is 2.10 bits per heavy atom. The standard InChI is InChI=1S/C28H28F3N7O3/c1-36-26(24(11-33-36)41-14-16-13-40-15-28(16,30)31)21-7-18-8-25(35-38(18)12-22(21)29)34-27(39)20-9-19(20)23-4-3-17(10-32-23)37-5-2-6-37/h3-4,7-8,10-12,16,19-20H,2,5-6,9,13-15H2,1H3,(H,34,35,39)/t16-,19-,20+/m1/s1. The second kappa shape index (κ2) is 9.75. The van der Waals surface area contributed by atoms with Gasteiger partial charge < -0.3 is 19.7 Å². The van der Waals surface area contributed by atoms with Crippen molar-refractivity contribution in [2.24, 2.45) is 18.9 Å². The van der Waals surface area contributed by atoms with Crippen LogP contribution in [0.25, 0.3) is 16.8 Å². The van der Waals surface area contributed by atoms with Crippen molar-refractivity contribution < 1.29 is 27.4 Å². The largest absolute Gasteiger partial charge is 0.489 e. The molecule has 214 valence electrons. The third kappa shape index (κ3) is 4.77. The SMILES string of the molecule is Cn1ncc(OC[C@H]2COCC2(F)F)c1-c1cc2cc(NC(=O)[C@H]3C[C@H]3c3ccc(N4CCC4)cn3)nn2cc1F. The van der Waals surface area contributed by atoms with Crippen molar-refractivity contribution in [2.45, 2.75) is 24.7 Å². The van der Waals surface area contributed by atoms with Crippen LogP contribution in [-0.4, -0.2) is 69.1 Å². The predicted octanol–water partition coefficient (Wildman–Crippen LogP) is 3.88. The number of pyridine rings is 2. The topological polar surface area (TPSA) is 98.8 Å². The van der Waals surface area contributed by atoms with Gasteiger partial charge in [-0.2, -0.15) is 5.10 Å². The fourth-order valence-electron chi connectivity index (χ4n) is 5.43. The van der Waals surface area contributed by atoms with Crippen LogP contribution >= 0.6 is 0 Å². The third-order valence-electron chi connectivity index (χ3n) is 8.11. The first-order valence-corrected chi connectivity index (χ1v) is 13.6. The average Bonchev–Trinajstić information content (AvgIpc) is 3.34. The fraction of sp³-hybridized carbons (Fsp3) is 0.429. The lowest BCUT2D eigenvalue weighted by Crippen LogP contribution is -2.36. The average molecular weight is 568 g/mol. The Kier molecular flexibility index (Phi) is 6.14. The maximum absolute atomic E-state index is 15.3. The van der Waals surface area contributed by atoms with Gasteiger partial charge >= 0.3 is 0 Å². The highest BCUT2D eigenvalue weighted by molar-refractivity contribution is 5.95. The minimum Gasteiger partial charge on any atom is -0.489 e. The van der Waals surface area contributed by atoms with Crippen molar-refractivity contribution in [3.8, 4) is 17.0 Å². The van der Waals surface area contributed by atoms with Gasteiger partial charge in [0.2, 0.25) is 5.91 Å². The Hall–Kier alpha value is -4.13.